The van der Waals surface area contributed by atoms with Crippen molar-refractivity contribution in [2.45, 2.75) is 183 Å². The molecule has 1 atom stereocenters. The van der Waals surface area contributed by atoms with Crippen LogP contribution in [0.5, 0.6) is 0 Å². The molecule has 11 heteroatoms. The van der Waals surface area contributed by atoms with Gasteiger partial charge in [-0.2, -0.15) is 0 Å². The Bertz CT molecular complexity index is 548. The van der Waals surface area contributed by atoms with E-state index in [9.17, 15) is 4.79 Å². The molecule has 0 radical (unpaired) electrons. The van der Waals surface area contributed by atoms with Crippen LogP contribution >= 0.6 is 0 Å². The van der Waals surface area contributed by atoms with Gasteiger partial charge < -0.3 is 49.2 Å². The molecular weight excluding hydrogens is 692 g/mol. The molecular formula is C43H94O11. The lowest BCUT2D eigenvalue weighted by atomic mass is 9.81. The molecule has 0 amide bonds. The molecule has 1 aliphatic carbocycles. The summed E-state index contributed by atoms with van der Waals surface area (Å²) in [7, 11) is 0. The van der Waals surface area contributed by atoms with E-state index >= 15 is 0 Å². The third-order valence-electron chi connectivity index (χ3n) is 8.09. The summed E-state index contributed by atoms with van der Waals surface area (Å²) in [5.41, 5.74) is 0. The molecule has 1 unspecified atom stereocenters. The van der Waals surface area contributed by atoms with Crippen molar-refractivity contribution >= 4 is 6.16 Å². The maximum Gasteiger partial charge on any atom is 0.508 e. The first kappa shape index (κ1) is 62.2. The Kier molecular flexibility index (Phi) is 70.4. The van der Waals surface area contributed by atoms with Crippen LogP contribution in [-0.2, 0) is 23.7 Å². The highest BCUT2D eigenvalue weighted by Crippen LogP contribution is 2.29. The molecule has 1 heterocycles. The predicted molar refractivity (Wildman–Crippen MR) is 224 cm³/mol. The van der Waals surface area contributed by atoms with Crippen LogP contribution in [-0.4, -0.2) is 117 Å². The van der Waals surface area contributed by atoms with E-state index in [-0.39, 0.29) is 19.3 Å². The number of cyclic esters (lactones) is 2. The van der Waals surface area contributed by atoms with Crippen LogP contribution in [0.15, 0.2) is 0 Å². The van der Waals surface area contributed by atoms with Gasteiger partial charge >= 0.3 is 6.16 Å². The lowest BCUT2D eigenvalue weighted by Crippen LogP contribution is -2.16. The fraction of sp³-hybridized carbons (Fsp3) is 0.977. The number of carbonyl (C=O) groups is 1. The Labute approximate surface area is 334 Å². The number of unbranched alkanes of at least 4 members (excludes halogenated alkanes) is 7. The van der Waals surface area contributed by atoms with Gasteiger partial charge in [0.1, 0.15) is 12.7 Å². The summed E-state index contributed by atoms with van der Waals surface area (Å²) in [5, 5.41) is 41.7. The van der Waals surface area contributed by atoms with E-state index in [0.29, 0.717) is 45.6 Å². The first-order chi connectivity index (χ1) is 26.3. The average Bonchev–Trinajstić information content (AvgIpc) is 3.64. The number of hydrogen-bond donors (Lipinski definition) is 5. The normalized spacial score (nSPS) is 16.7. The molecule has 2 aliphatic rings. The van der Waals surface area contributed by atoms with Gasteiger partial charge in [0.05, 0.1) is 26.4 Å². The van der Waals surface area contributed by atoms with Crippen molar-refractivity contribution in [3.63, 3.8) is 0 Å². The lowest BCUT2D eigenvalue weighted by Gasteiger charge is -2.26. The third kappa shape index (κ3) is 62.9. The molecule has 0 aromatic carbocycles. The highest BCUT2D eigenvalue weighted by Gasteiger charge is 2.22. The van der Waals surface area contributed by atoms with E-state index in [0.717, 1.165) is 77.3 Å². The van der Waals surface area contributed by atoms with Crippen molar-refractivity contribution in [3.05, 3.63) is 0 Å². The molecule has 0 spiro atoms. The van der Waals surface area contributed by atoms with Gasteiger partial charge in [0, 0.05) is 46.2 Å². The molecule has 1 aliphatic heterocycles. The summed E-state index contributed by atoms with van der Waals surface area (Å²) in [4.78, 5) is 10.2. The summed E-state index contributed by atoms with van der Waals surface area (Å²) in [6.07, 6.45) is 21.9. The molecule has 5 N–H and O–H groups in total. The summed E-state index contributed by atoms with van der Waals surface area (Å²) in [5.74, 6) is 1.59. The average molecular weight is 787 g/mol. The van der Waals surface area contributed by atoms with Crippen molar-refractivity contribution in [1.82, 2.24) is 0 Å². The maximum absolute atomic E-state index is 10.2. The van der Waals surface area contributed by atoms with Crippen LogP contribution in [0.4, 0.5) is 4.79 Å². The molecule has 1 saturated carbocycles. The maximum atomic E-state index is 10.2. The standard InChI is InChI=1S/C9H18O.2C7H16O.C5H8O3.2C5H12O2.C5H12O/c1-2-8-3-5-9(7-10)6-4-8;1-3-5-7-8-6-4-2;1-2-3-4-5-6-7-8;1-2-4-3-7-5(6)8-4;2*1-2-4-7-5-3-6;1-2-3-4-5-6/h8-10H,2-7H2,1H3;3-7H2,1-2H3;8H,2-7H2,1H3;4H,2-3H2,1H3;2*6H,2-5H2,1H3;6H,2-5H2,1H3. The largest absolute Gasteiger partial charge is 0.508 e. The van der Waals surface area contributed by atoms with Crippen molar-refractivity contribution in [1.29, 1.82) is 0 Å². The zero-order chi connectivity index (χ0) is 41.8. The fourth-order valence-electron chi connectivity index (χ4n) is 4.58. The Balaban J connectivity index is -0.000000174. The summed E-state index contributed by atoms with van der Waals surface area (Å²) >= 11 is 0. The van der Waals surface area contributed by atoms with Crippen LogP contribution < -0.4 is 0 Å². The highest BCUT2D eigenvalue weighted by atomic mass is 16.8. The van der Waals surface area contributed by atoms with Crippen molar-refractivity contribution in [2.75, 3.05) is 79.3 Å². The minimum atomic E-state index is -0.531. The topological polar surface area (TPSA) is 164 Å². The monoisotopic (exact) mass is 787 g/mol. The zero-order valence-corrected chi connectivity index (χ0v) is 36.8. The van der Waals surface area contributed by atoms with Crippen molar-refractivity contribution < 1.29 is 54.0 Å². The third-order valence-corrected chi connectivity index (χ3v) is 8.09. The summed E-state index contributed by atoms with van der Waals surface area (Å²) < 4.78 is 24.1. The number of aliphatic hydroxyl groups is 5. The first-order valence-electron chi connectivity index (χ1n) is 21.9. The second-order valence-corrected chi connectivity index (χ2v) is 13.4. The molecule has 332 valence electrons. The van der Waals surface area contributed by atoms with Crippen LogP contribution in [0.2, 0.25) is 0 Å². The quantitative estimate of drug-likeness (QED) is 0.0468. The van der Waals surface area contributed by atoms with Gasteiger partial charge in [-0.1, -0.05) is 120 Å². The predicted octanol–water partition coefficient (Wildman–Crippen LogP) is 9.27. The van der Waals surface area contributed by atoms with Gasteiger partial charge in [0.25, 0.3) is 0 Å². The van der Waals surface area contributed by atoms with E-state index in [2.05, 4.69) is 44.1 Å². The van der Waals surface area contributed by atoms with Gasteiger partial charge in [-0.25, -0.2) is 4.79 Å². The van der Waals surface area contributed by atoms with Gasteiger partial charge in [-0.05, 0) is 69.6 Å². The number of aliphatic hydroxyl groups excluding tert-OH is 5. The minimum Gasteiger partial charge on any atom is -0.430 e. The molecule has 0 bridgehead atoms. The van der Waals surface area contributed by atoms with E-state index in [1.54, 1.807) is 0 Å². The number of rotatable bonds is 24. The minimum absolute atomic E-state index is 0.00231. The number of hydrogen-bond acceptors (Lipinski definition) is 11. The summed E-state index contributed by atoms with van der Waals surface area (Å²) in [6.45, 7) is 23.1. The van der Waals surface area contributed by atoms with Crippen molar-refractivity contribution in [3.8, 4) is 0 Å². The number of carbonyl (C=O) groups excluding carboxylic acids is 1. The number of ether oxygens (including phenoxy) is 5. The van der Waals surface area contributed by atoms with E-state index in [4.69, 9.17) is 39.7 Å². The second kappa shape index (κ2) is 61.2. The molecule has 0 aromatic rings. The Morgan fingerprint density at radius 1 is 0.481 bits per heavy atom. The van der Waals surface area contributed by atoms with E-state index in [1.165, 1.54) is 77.0 Å². The van der Waals surface area contributed by atoms with Crippen LogP contribution in [0, 0.1) is 11.8 Å². The highest BCUT2D eigenvalue weighted by molar-refractivity contribution is 5.61. The van der Waals surface area contributed by atoms with E-state index in [1.807, 2.05) is 20.8 Å². The second-order valence-electron chi connectivity index (χ2n) is 13.4. The van der Waals surface area contributed by atoms with Crippen molar-refractivity contribution in [2.24, 2.45) is 11.8 Å². The Morgan fingerprint density at radius 2 is 0.907 bits per heavy atom. The molecule has 54 heavy (non-hydrogen) atoms. The van der Waals surface area contributed by atoms with Crippen LogP contribution in [0.3, 0.4) is 0 Å². The van der Waals surface area contributed by atoms with Gasteiger partial charge in [-0.15, -0.1) is 0 Å². The molecule has 0 aromatic heterocycles. The molecule has 2 fully saturated rings. The fourth-order valence-corrected chi connectivity index (χ4v) is 4.58. The van der Waals surface area contributed by atoms with Crippen LogP contribution in [0.1, 0.15) is 177 Å². The van der Waals surface area contributed by atoms with Gasteiger partial charge in [0.15, 0.2) is 0 Å². The zero-order valence-electron chi connectivity index (χ0n) is 36.8. The smallest absolute Gasteiger partial charge is 0.430 e. The Morgan fingerprint density at radius 3 is 1.22 bits per heavy atom. The molecule has 2 rings (SSSR count). The van der Waals surface area contributed by atoms with Gasteiger partial charge in [-0.3, -0.25) is 0 Å². The first-order valence-corrected chi connectivity index (χ1v) is 21.9. The SMILES string of the molecule is CCC1CCC(CO)CC1.CCC1COC(=O)O1.CCCCCCCO.CCCCCO.CCCCOCCC.CCCOCCO.CCCOCCO. The van der Waals surface area contributed by atoms with E-state index < -0.39 is 6.16 Å². The van der Waals surface area contributed by atoms with Crippen LogP contribution in [0.25, 0.3) is 0 Å². The lowest BCUT2D eigenvalue weighted by molar-refractivity contribution is 0.0928. The molecule has 1 saturated heterocycles. The molecule has 11 nitrogen and oxygen atoms in total. The summed E-state index contributed by atoms with van der Waals surface area (Å²) in [6, 6.07) is 0. The van der Waals surface area contributed by atoms with Gasteiger partial charge in [0.2, 0.25) is 0 Å². The Hall–Kier alpha value is -1.05.